The number of hydrogen-bond donors (Lipinski definition) is 2. The summed E-state index contributed by atoms with van der Waals surface area (Å²) >= 11 is 0. The van der Waals surface area contributed by atoms with Crippen LogP contribution in [0.3, 0.4) is 0 Å². The molecule has 1 saturated carbocycles. The van der Waals surface area contributed by atoms with Crippen molar-refractivity contribution >= 4 is 5.91 Å². The van der Waals surface area contributed by atoms with Crippen LogP contribution in [0.1, 0.15) is 31.4 Å². The number of nitrogens with zero attached hydrogens (tertiary/aromatic N) is 4. The van der Waals surface area contributed by atoms with Crippen LogP contribution < -0.4 is 5.73 Å². The lowest BCUT2D eigenvalue weighted by atomic mass is 9.91. The average molecular weight is 267 g/mol. The van der Waals surface area contributed by atoms with Gasteiger partial charge in [-0.15, -0.1) is 5.10 Å². The van der Waals surface area contributed by atoms with Crippen molar-refractivity contribution in [3.63, 3.8) is 0 Å². The maximum absolute atomic E-state index is 12.1. The van der Waals surface area contributed by atoms with Gasteiger partial charge in [-0.3, -0.25) is 4.79 Å². The Balaban J connectivity index is 1.94. The second-order valence-corrected chi connectivity index (χ2v) is 5.04. The molecule has 19 heavy (non-hydrogen) atoms. The van der Waals surface area contributed by atoms with E-state index in [4.69, 9.17) is 5.73 Å². The summed E-state index contributed by atoms with van der Waals surface area (Å²) in [6.07, 6.45) is 4.96. The molecule has 0 radical (unpaired) electrons. The molecule has 1 aromatic rings. The van der Waals surface area contributed by atoms with Crippen LogP contribution in [0.4, 0.5) is 0 Å². The van der Waals surface area contributed by atoms with Crippen LogP contribution in [-0.2, 0) is 17.9 Å². The van der Waals surface area contributed by atoms with Crippen LogP contribution in [0.25, 0.3) is 0 Å². The van der Waals surface area contributed by atoms with Crippen LogP contribution in [-0.4, -0.2) is 50.1 Å². The summed E-state index contributed by atoms with van der Waals surface area (Å²) in [5, 5.41) is 17.6. The third-order valence-electron chi connectivity index (χ3n) is 3.68. The number of hydrogen-bond acceptors (Lipinski definition) is 5. The molecule has 2 unspecified atom stereocenters. The van der Waals surface area contributed by atoms with Gasteiger partial charge in [0.25, 0.3) is 0 Å². The standard InChI is InChI=1S/C12H21N5O2/c1-16(10-4-2-3-5-11(10)18)12(19)8-17-7-9(6-13)14-15-17/h7,10-11,18H,2-6,8,13H2,1H3. The highest BCUT2D eigenvalue weighted by atomic mass is 16.3. The lowest BCUT2D eigenvalue weighted by molar-refractivity contribution is -0.136. The van der Waals surface area contributed by atoms with E-state index in [0.717, 1.165) is 25.7 Å². The van der Waals surface area contributed by atoms with Crippen LogP contribution in [0, 0.1) is 0 Å². The third-order valence-corrected chi connectivity index (χ3v) is 3.68. The van der Waals surface area contributed by atoms with Gasteiger partial charge >= 0.3 is 0 Å². The van der Waals surface area contributed by atoms with Crippen LogP contribution in [0.15, 0.2) is 6.20 Å². The monoisotopic (exact) mass is 267 g/mol. The van der Waals surface area contributed by atoms with E-state index in [1.807, 2.05) is 0 Å². The number of likely N-dealkylation sites (N-methyl/N-ethyl adjacent to an activating group) is 1. The Labute approximate surface area is 112 Å². The molecule has 1 aliphatic carbocycles. The molecule has 2 rings (SSSR count). The third kappa shape index (κ3) is 3.30. The van der Waals surface area contributed by atoms with Crippen molar-refractivity contribution in [2.24, 2.45) is 5.73 Å². The summed E-state index contributed by atoms with van der Waals surface area (Å²) in [7, 11) is 1.74. The van der Waals surface area contributed by atoms with Gasteiger partial charge in [-0.2, -0.15) is 0 Å². The largest absolute Gasteiger partial charge is 0.391 e. The smallest absolute Gasteiger partial charge is 0.244 e. The number of aromatic nitrogens is 3. The molecule has 0 aliphatic heterocycles. The maximum atomic E-state index is 12.1. The normalized spacial score (nSPS) is 23.3. The van der Waals surface area contributed by atoms with Crippen LogP contribution >= 0.6 is 0 Å². The van der Waals surface area contributed by atoms with Crippen molar-refractivity contribution in [3.05, 3.63) is 11.9 Å². The van der Waals surface area contributed by atoms with Crippen molar-refractivity contribution in [3.8, 4) is 0 Å². The fraction of sp³-hybridized carbons (Fsp3) is 0.750. The van der Waals surface area contributed by atoms with E-state index in [0.29, 0.717) is 12.2 Å². The molecule has 2 atom stereocenters. The van der Waals surface area contributed by atoms with Crippen LogP contribution in [0.2, 0.25) is 0 Å². The predicted octanol–water partition coefficient (Wildman–Crippen LogP) is -0.501. The molecule has 1 aromatic heterocycles. The fourth-order valence-electron chi connectivity index (χ4n) is 2.49. The first-order valence-electron chi connectivity index (χ1n) is 6.64. The Hall–Kier alpha value is -1.47. The molecule has 1 fully saturated rings. The van der Waals surface area contributed by atoms with Gasteiger partial charge in [0.15, 0.2) is 0 Å². The van der Waals surface area contributed by atoms with Gasteiger partial charge < -0.3 is 15.7 Å². The minimum absolute atomic E-state index is 0.0700. The Morgan fingerprint density at radius 1 is 1.58 bits per heavy atom. The Bertz CT molecular complexity index is 434. The van der Waals surface area contributed by atoms with Crippen molar-refractivity contribution in [2.45, 2.75) is 50.9 Å². The maximum Gasteiger partial charge on any atom is 0.244 e. The molecule has 0 bridgehead atoms. The van der Waals surface area contributed by atoms with Gasteiger partial charge in [0.05, 0.1) is 24.0 Å². The molecular formula is C12H21N5O2. The van der Waals surface area contributed by atoms with E-state index in [1.54, 1.807) is 18.1 Å². The lowest BCUT2D eigenvalue weighted by Gasteiger charge is -2.35. The number of carbonyl (C=O) groups is 1. The number of rotatable bonds is 4. The quantitative estimate of drug-likeness (QED) is 0.766. The highest BCUT2D eigenvalue weighted by Gasteiger charge is 2.29. The average Bonchev–Trinajstić information content (AvgIpc) is 2.86. The van der Waals surface area contributed by atoms with E-state index >= 15 is 0 Å². The van der Waals surface area contributed by atoms with Gasteiger partial charge in [-0.05, 0) is 12.8 Å². The molecule has 3 N–H and O–H groups in total. The van der Waals surface area contributed by atoms with E-state index in [2.05, 4.69) is 10.3 Å². The first-order valence-corrected chi connectivity index (χ1v) is 6.64. The van der Waals surface area contributed by atoms with Gasteiger partial charge in [0, 0.05) is 13.6 Å². The van der Waals surface area contributed by atoms with Gasteiger partial charge in [0.1, 0.15) is 6.54 Å². The minimum atomic E-state index is -0.418. The van der Waals surface area contributed by atoms with Crippen molar-refractivity contribution in [2.75, 3.05) is 7.05 Å². The molecular weight excluding hydrogens is 246 g/mol. The minimum Gasteiger partial charge on any atom is -0.391 e. The SMILES string of the molecule is CN(C(=O)Cn1cc(CN)nn1)C1CCCCC1O. The zero-order valence-electron chi connectivity index (χ0n) is 11.2. The molecule has 0 spiro atoms. The molecule has 1 aliphatic rings. The highest BCUT2D eigenvalue weighted by Crippen LogP contribution is 2.22. The zero-order valence-corrected chi connectivity index (χ0v) is 11.2. The Morgan fingerprint density at radius 3 is 2.95 bits per heavy atom. The molecule has 7 nitrogen and oxygen atoms in total. The van der Waals surface area contributed by atoms with Gasteiger partial charge in [-0.1, -0.05) is 18.1 Å². The van der Waals surface area contributed by atoms with E-state index in [9.17, 15) is 9.90 Å². The lowest BCUT2D eigenvalue weighted by Crippen LogP contribution is -2.47. The van der Waals surface area contributed by atoms with E-state index in [-0.39, 0.29) is 18.5 Å². The van der Waals surface area contributed by atoms with E-state index in [1.165, 1.54) is 4.68 Å². The van der Waals surface area contributed by atoms with Crippen molar-refractivity contribution in [1.82, 2.24) is 19.9 Å². The second-order valence-electron chi connectivity index (χ2n) is 5.04. The highest BCUT2D eigenvalue weighted by molar-refractivity contribution is 5.76. The van der Waals surface area contributed by atoms with E-state index < -0.39 is 6.10 Å². The van der Waals surface area contributed by atoms with Crippen molar-refractivity contribution < 1.29 is 9.90 Å². The fourth-order valence-corrected chi connectivity index (χ4v) is 2.49. The predicted molar refractivity (Wildman–Crippen MR) is 68.9 cm³/mol. The summed E-state index contributed by atoms with van der Waals surface area (Å²) in [5.41, 5.74) is 6.10. The number of aliphatic hydroxyl groups is 1. The topological polar surface area (TPSA) is 97.3 Å². The first kappa shape index (κ1) is 14.0. The number of carbonyl (C=O) groups excluding carboxylic acids is 1. The number of nitrogens with two attached hydrogens (primary N) is 1. The molecule has 1 heterocycles. The summed E-state index contributed by atoms with van der Waals surface area (Å²) in [6.45, 7) is 0.443. The van der Waals surface area contributed by atoms with Crippen molar-refractivity contribution in [1.29, 1.82) is 0 Å². The second kappa shape index (κ2) is 6.12. The van der Waals surface area contributed by atoms with Gasteiger partial charge in [0.2, 0.25) is 5.91 Å². The summed E-state index contributed by atoms with van der Waals surface area (Å²) in [6, 6.07) is -0.0845. The summed E-state index contributed by atoms with van der Waals surface area (Å²) in [4.78, 5) is 13.8. The number of amides is 1. The molecule has 0 saturated heterocycles. The summed E-state index contributed by atoms with van der Waals surface area (Å²) in [5.74, 6) is -0.0700. The van der Waals surface area contributed by atoms with Crippen LogP contribution in [0.5, 0.6) is 0 Å². The van der Waals surface area contributed by atoms with Gasteiger partial charge in [-0.25, -0.2) is 4.68 Å². The zero-order chi connectivity index (χ0) is 13.8. The Morgan fingerprint density at radius 2 is 2.32 bits per heavy atom. The Kier molecular flexibility index (Phi) is 4.49. The molecule has 0 aromatic carbocycles. The molecule has 1 amide bonds. The molecule has 7 heteroatoms. The number of aliphatic hydroxyl groups excluding tert-OH is 1. The first-order chi connectivity index (χ1) is 9.11. The molecule has 106 valence electrons. The summed E-state index contributed by atoms with van der Waals surface area (Å²) < 4.78 is 1.48.